The molecule has 5 nitrogen and oxygen atoms in total. The van der Waals surface area contributed by atoms with Crippen LogP contribution in [-0.2, 0) is 0 Å². The van der Waals surface area contributed by atoms with Gasteiger partial charge < -0.3 is 19.8 Å². The molecule has 30 heavy (non-hydrogen) atoms. The van der Waals surface area contributed by atoms with Gasteiger partial charge in [-0.25, -0.2) is 0 Å². The Morgan fingerprint density at radius 2 is 1.83 bits per heavy atom. The number of ether oxygens (including phenoxy) is 2. The summed E-state index contributed by atoms with van der Waals surface area (Å²) in [7, 11) is 1.72. The Morgan fingerprint density at radius 1 is 1.10 bits per heavy atom. The van der Waals surface area contributed by atoms with Gasteiger partial charge in [-0.15, -0.1) is 0 Å². The minimum Gasteiger partial charge on any atom is -0.493 e. The number of piperidine rings is 1. The van der Waals surface area contributed by atoms with Gasteiger partial charge in [0, 0.05) is 37.5 Å². The molecule has 3 aliphatic rings. The van der Waals surface area contributed by atoms with Gasteiger partial charge in [0.25, 0.3) is 0 Å². The number of hydrogen-bond donors (Lipinski definition) is 1. The van der Waals surface area contributed by atoms with Crippen LogP contribution in [0.4, 0.5) is 0 Å². The van der Waals surface area contributed by atoms with Crippen LogP contribution in [0.3, 0.4) is 0 Å². The molecule has 0 radical (unpaired) electrons. The van der Waals surface area contributed by atoms with Crippen molar-refractivity contribution in [2.75, 3.05) is 20.2 Å². The fourth-order valence-corrected chi connectivity index (χ4v) is 4.95. The lowest BCUT2D eigenvalue weighted by molar-refractivity contribution is -0.162. The number of rotatable bonds is 3. The Hall–Kier alpha value is -2.50. The maximum atomic E-state index is 6.81. The zero-order valence-electron chi connectivity index (χ0n) is 18.3. The highest BCUT2D eigenvalue weighted by Gasteiger charge is 2.52. The van der Waals surface area contributed by atoms with Gasteiger partial charge in [-0.2, -0.15) is 5.01 Å². The summed E-state index contributed by atoms with van der Waals surface area (Å²) in [6, 6.07) is 15.6. The van der Waals surface area contributed by atoms with Gasteiger partial charge in [0.1, 0.15) is 0 Å². The van der Waals surface area contributed by atoms with Crippen LogP contribution in [-0.4, -0.2) is 41.9 Å². The third-order valence-electron chi connectivity index (χ3n) is 6.79. The molecule has 0 bridgehead atoms. The van der Waals surface area contributed by atoms with E-state index >= 15 is 0 Å². The number of nitrogens with zero attached hydrogens (tertiary/aromatic N) is 2. The van der Waals surface area contributed by atoms with Crippen molar-refractivity contribution in [3.8, 4) is 11.5 Å². The smallest absolute Gasteiger partial charge is 0.183 e. The Morgan fingerprint density at radius 3 is 2.50 bits per heavy atom. The van der Waals surface area contributed by atoms with Crippen LogP contribution < -0.4 is 14.9 Å². The van der Waals surface area contributed by atoms with E-state index < -0.39 is 0 Å². The largest absolute Gasteiger partial charge is 0.493 e. The van der Waals surface area contributed by atoms with E-state index in [9.17, 15) is 0 Å². The summed E-state index contributed by atoms with van der Waals surface area (Å²) in [5, 5.41) is 2.35. The monoisotopic (exact) mass is 405 g/mol. The lowest BCUT2D eigenvalue weighted by atomic mass is 9.92. The predicted molar refractivity (Wildman–Crippen MR) is 119 cm³/mol. The highest BCUT2D eigenvalue weighted by atomic mass is 16.5. The Balaban J connectivity index is 1.55. The number of likely N-dealkylation sites (tertiary alicyclic amines) is 1. The zero-order valence-corrected chi connectivity index (χ0v) is 18.3. The molecule has 1 spiro atoms. The Bertz CT molecular complexity index is 959. The molecule has 5 rings (SSSR count). The summed E-state index contributed by atoms with van der Waals surface area (Å²) in [5.41, 5.74) is 8.10. The van der Waals surface area contributed by atoms with Crippen LogP contribution in [0.15, 0.2) is 48.5 Å². The highest BCUT2D eigenvalue weighted by molar-refractivity contribution is 5.68. The average Bonchev–Trinajstić information content (AvgIpc) is 3.21. The van der Waals surface area contributed by atoms with E-state index in [1.54, 1.807) is 7.11 Å². The van der Waals surface area contributed by atoms with Crippen molar-refractivity contribution in [1.82, 2.24) is 15.3 Å². The van der Waals surface area contributed by atoms with Crippen LogP contribution in [0.25, 0.3) is 5.70 Å². The van der Waals surface area contributed by atoms with E-state index in [-0.39, 0.29) is 11.8 Å². The maximum absolute atomic E-state index is 6.81. The summed E-state index contributed by atoms with van der Waals surface area (Å²) >= 11 is 0. The van der Waals surface area contributed by atoms with Crippen molar-refractivity contribution in [1.29, 1.82) is 0 Å². The second-order valence-corrected chi connectivity index (χ2v) is 8.93. The van der Waals surface area contributed by atoms with Crippen LogP contribution in [0, 0.1) is 6.92 Å². The van der Waals surface area contributed by atoms with Crippen LogP contribution in [0.5, 0.6) is 11.5 Å². The minimum atomic E-state index is -0.388. The molecule has 0 aliphatic carbocycles. The number of aryl methyl sites for hydroxylation is 1. The average molecular weight is 406 g/mol. The van der Waals surface area contributed by atoms with Crippen molar-refractivity contribution in [3.05, 3.63) is 65.2 Å². The molecule has 0 saturated carbocycles. The van der Waals surface area contributed by atoms with Gasteiger partial charge in [0.05, 0.1) is 18.8 Å². The topological polar surface area (TPSA) is 37.0 Å². The van der Waals surface area contributed by atoms with Gasteiger partial charge in [0.2, 0.25) is 0 Å². The van der Waals surface area contributed by atoms with Crippen molar-refractivity contribution < 1.29 is 9.47 Å². The van der Waals surface area contributed by atoms with Crippen molar-refractivity contribution in [2.24, 2.45) is 0 Å². The normalized spacial score (nSPS) is 22.8. The predicted octanol–water partition coefficient (Wildman–Crippen LogP) is 4.50. The third-order valence-corrected chi connectivity index (χ3v) is 6.79. The molecule has 1 N–H and O–H groups in total. The number of benzene rings is 2. The standard InChI is InChI=1S/C25H31N3O2/c1-17(2)27-14-12-25(13-15-27)28-22(20-6-5-7-23(29-4)24(20)30-25)16-21(26-28)19-10-8-18(3)9-11-19/h5-11,16-17,22,26H,12-15H2,1-4H3/t22-/m1/s1. The third kappa shape index (κ3) is 3.08. The second kappa shape index (κ2) is 7.33. The number of nitrogens with one attached hydrogen (secondary N) is 1. The molecular formula is C25H31N3O2. The second-order valence-electron chi connectivity index (χ2n) is 8.93. The Labute approximate surface area is 179 Å². The number of hydrogen-bond acceptors (Lipinski definition) is 5. The van der Waals surface area contributed by atoms with Crippen molar-refractivity contribution >= 4 is 5.70 Å². The van der Waals surface area contributed by atoms with Crippen LogP contribution >= 0.6 is 0 Å². The molecule has 2 aromatic carbocycles. The minimum absolute atomic E-state index is 0.116. The first-order valence-corrected chi connectivity index (χ1v) is 11.0. The molecule has 3 heterocycles. The molecule has 1 atom stereocenters. The lowest BCUT2D eigenvalue weighted by Gasteiger charge is -2.52. The zero-order chi connectivity index (χ0) is 20.9. The molecule has 0 aromatic heterocycles. The van der Waals surface area contributed by atoms with Crippen LogP contribution in [0.1, 0.15) is 49.4 Å². The molecule has 1 saturated heterocycles. The summed E-state index contributed by atoms with van der Waals surface area (Å²) < 4.78 is 12.5. The number of fused-ring (bicyclic) bond motifs is 4. The van der Waals surface area contributed by atoms with Crippen molar-refractivity contribution in [3.63, 3.8) is 0 Å². The summed E-state index contributed by atoms with van der Waals surface area (Å²) in [6.07, 6.45) is 4.23. The molecule has 0 unspecified atom stereocenters. The van der Waals surface area contributed by atoms with Crippen LogP contribution in [0.2, 0.25) is 0 Å². The number of para-hydroxylation sites is 1. The maximum Gasteiger partial charge on any atom is 0.183 e. The summed E-state index contributed by atoms with van der Waals surface area (Å²) in [5.74, 6) is 1.71. The molecule has 5 heteroatoms. The summed E-state index contributed by atoms with van der Waals surface area (Å²) in [4.78, 5) is 2.53. The quantitative estimate of drug-likeness (QED) is 0.814. The van der Waals surface area contributed by atoms with E-state index in [1.165, 1.54) is 11.1 Å². The number of methoxy groups -OCH3 is 1. The van der Waals surface area contributed by atoms with Gasteiger partial charge in [-0.05, 0) is 38.5 Å². The lowest BCUT2D eigenvalue weighted by Crippen LogP contribution is -2.64. The van der Waals surface area contributed by atoms with E-state index in [1.807, 2.05) is 6.07 Å². The van der Waals surface area contributed by atoms with Gasteiger partial charge >= 0.3 is 0 Å². The van der Waals surface area contributed by atoms with Gasteiger partial charge in [-0.1, -0.05) is 42.0 Å². The highest BCUT2D eigenvalue weighted by Crippen LogP contribution is 2.51. The molecular weight excluding hydrogens is 374 g/mol. The van der Waals surface area contributed by atoms with E-state index in [2.05, 4.69) is 78.6 Å². The molecule has 0 amide bonds. The SMILES string of the molecule is COc1cccc2c1OC1(CCN(C(C)C)CC1)N1NC(c3ccc(C)cc3)=C[C@H]21. The first-order chi connectivity index (χ1) is 14.5. The molecule has 158 valence electrons. The van der Waals surface area contributed by atoms with Crippen molar-refractivity contribution in [2.45, 2.75) is 51.4 Å². The van der Waals surface area contributed by atoms with E-state index in [4.69, 9.17) is 9.47 Å². The fourth-order valence-electron chi connectivity index (χ4n) is 4.95. The molecule has 1 fully saturated rings. The van der Waals surface area contributed by atoms with Gasteiger partial charge in [-0.3, -0.25) is 0 Å². The first kappa shape index (κ1) is 19.5. The number of hydrazine groups is 1. The molecule has 3 aliphatic heterocycles. The molecule has 2 aromatic rings. The fraction of sp³-hybridized carbons (Fsp3) is 0.440. The van der Waals surface area contributed by atoms with E-state index in [0.29, 0.717) is 6.04 Å². The Kier molecular flexibility index (Phi) is 4.75. The van der Waals surface area contributed by atoms with Gasteiger partial charge in [0.15, 0.2) is 17.2 Å². The summed E-state index contributed by atoms with van der Waals surface area (Å²) in [6.45, 7) is 8.70. The van der Waals surface area contributed by atoms with E-state index in [0.717, 1.165) is 48.7 Å². The first-order valence-electron chi connectivity index (χ1n) is 11.0.